The molecule has 5 heteroatoms. The predicted octanol–water partition coefficient (Wildman–Crippen LogP) is 13.0. The number of rotatable bonds is 4. The molecule has 53 heavy (non-hydrogen) atoms. The molecule has 0 radical (unpaired) electrons. The summed E-state index contributed by atoms with van der Waals surface area (Å²) in [7, 11) is 0. The molecule has 0 amide bonds. The molecule has 5 nitrogen and oxygen atoms in total. The number of hydrogen-bond donors (Lipinski definition) is 0. The molecule has 3 heterocycles. The highest BCUT2D eigenvalue weighted by molar-refractivity contribution is 6.15. The molecular weight excluding hydrogens is 651 g/mol. The van der Waals surface area contributed by atoms with Gasteiger partial charge in [0.15, 0.2) is 17.5 Å². The third-order valence-electron chi connectivity index (χ3n) is 10.8. The van der Waals surface area contributed by atoms with E-state index in [1.54, 1.807) is 0 Å². The average Bonchev–Trinajstić information content (AvgIpc) is 3.79. The van der Waals surface area contributed by atoms with E-state index in [2.05, 4.69) is 116 Å². The number of nitrogens with zero attached hydrogens (tertiary/aromatic N) is 3. The number of hydrogen-bond acceptors (Lipinski definition) is 5. The van der Waals surface area contributed by atoms with Crippen LogP contribution in [0.4, 0.5) is 0 Å². The van der Waals surface area contributed by atoms with E-state index in [1.807, 2.05) is 42.5 Å². The minimum absolute atomic E-state index is 0.512. The maximum absolute atomic E-state index is 6.74. The van der Waals surface area contributed by atoms with Crippen LogP contribution < -0.4 is 0 Å². The second-order valence-electron chi connectivity index (χ2n) is 14.0. The van der Waals surface area contributed by atoms with E-state index in [9.17, 15) is 0 Å². The van der Waals surface area contributed by atoms with E-state index in [1.165, 1.54) is 11.1 Å². The molecule has 0 spiro atoms. The molecule has 250 valence electrons. The van der Waals surface area contributed by atoms with E-state index in [-0.39, 0.29) is 0 Å². The number of furan rings is 2. The van der Waals surface area contributed by atoms with E-state index >= 15 is 0 Å². The summed E-state index contributed by atoms with van der Waals surface area (Å²) in [5.41, 5.74) is 10.8. The summed E-state index contributed by atoms with van der Waals surface area (Å²) in [5, 5.41) is 6.29. The Labute approximate surface area is 304 Å². The first-order valence-electron chi connectivity index (χ1n) is 18.1. The number of benzene rings is 7. The molecule has 0 aliphatic heterocycles. The minimum atomic E-state index is 0.512. The Hall–Kier alpha value is -6.85. The number of aromatic nitrogens is 3. The highest BCUT2D eigenvalue weighted by Crippen LogP contribution is 2.42. The van der Waals surface area contributed by atoms with Gasteiger partial charge in [0, 0.05) is 43.8 Å². The van der Waals surface area contributed by atoms with Crippen LogP contribution in [0.15, 0.2) is 154 Å². The highest BCUT2D eigenvalue weighted by Gasteiger charge is 2.22. The summed E-state index contributed by atoms with van der Waals surface area (Å²) in [4.78, 5) is 15.6. The molecule has 0 saturated carbocycles. The Morgan fingerprint density at radius 3 is 2.00 bits per heavy atom. The van der Waals surface area contributed by atoms with Crippen LogP contribution in [0.25, 0.3) is 106 Å². The van der Waals surface area contributed by atoms with Crippen molar-refractivity contribution in [3.8, 4) is 45.3 Å². The van der Waals surface area contributed by atoms with Gasteiger partial charge in [0.2, 0.25) is 0 Å². The fourth-order valence-electron chi connectivity index (χ4n) is 8.16. The first kappa shape index (κ1) is 29.8. The standard InChI is InChI=1S/C48H31N3O2/c1-28-10-6-13-31-27-32(24-25-34(28)31)35-15-7-16-37-44-39(18-9-21-42(44)53-45(35)37)48-50-46(33-23-22-29-11-2-3-12-30(29)26-33)49-47(51-48)38-17-8-20-41-43(38)36-14-4-5-19-40(36)52-41/h2-9,11-28H,10H2,1H3. The van der Waals surface area contributed by atoms with Crippen LogP contribution in [0, 0.1) is 0 Å². The zero-order chi connectivity index (χ0) is 35.0. The zero-order valence-corrected chi connectivity index (χ0v) is 28.9. The van der Waals surface area contributed by atoms with Gasteiger partial charge in [-0.2, -0.15) is 0 Å². The normalized spacial score (nSPS) is 14.2. The molecule has 7 aromatic carbocycles. The third-order valence-corrected chi connectivity index (χ3v) is 10.8. The Kier molecular flexibility index (Phi) is 6.52. The summed E-state index contributed by atoms with van der Waals surface area (Å²) in [6.45, 7) is 2.29. The van der Waals surface area contributed by atoms with Gasteiger partial charge < -0.3 is 8.83 Å². The van der Waals surface area contributed by atoms with Crippen LogP contribution in [0.3, 0.4) is 0 Å². The lowest BCUT2D eigenvalue weighted by Crippen LogP contribution is -2.00. The fourth-order valence-corrected chi connectivity index (χ4v) is 8.16. The fraction of sp³-hybridized carbons (Fsp3) is 0.0625. The molecule has 1 aliphatic rings. The van der Waals surface area contributed by atoms with Gasteiger partial charge in [0.25, 0.3) is 0 Å². The van der Waals surface area contributed by atoms with Gasteiger partial charge in [0.1, 0.15) is 22.3 Å². The van der Waals surface area contributed by atoms with E-state index in [0.29, 0.717) is 23.4 Å². The lowest BCUT2D eigenvalue weighted by atomic mass is 9.86. The van der Waals surface area contributed by atoms with Crippen LogP contribution in [0.2, 0.25) is 0 Å². The maximum atomic E-state index is 6.74. The Morgan fingerprint density at radius 2 is 1.15 bits per heavy atom. The monoisotopic (exact) mass is 681 g/mol. The van der Waals surface area contributed by atoms with Crippen molar-refractivity contribution in [1.82, 2.24) is 15.0 Å². The van der Waals surface area contributed by atoms with Crippen molar-refractivity contribution in [2.75, 3.05) is 0 Å². The van der Waals surface area contributed by atoms with Gasteiger partial charge >= 0.3 is 0 Å². The third kappa shape index (κ3) is 4.74. The summed E-state index contributed by atoms with van der Waals surface area (Å²) >= 11 is 0. The molecule has 1 atom stereocenters. The smallest absolute Gasteiger partial charge is 0.164 e. The summed E-state index contributed by atoms with van der Waals surface area (Å²) in [5.74, 6) is 2.27. The van der Waals surface area contributed by atoms with Gasteiger partial charge in [-0.3, -0.25) is 0 Å². The van der Waals surface area contributed by atoms with Crippen molar-refractivity contribution >= 4 is 60.7 Å². The summed E-state index contributed by atoms with van der Waals surface area (Å²) < 4.78 is 13.0. The molecular formula is C48H31N3O2. The lowest BCUT2D eigenvalue weighted by molar-refractivity contribution is 0.669. The van der Waals surface area contributed by atoms with Gasteiger partial charge in [-0.05, 0) is 70.1 Å². The minimum Gasteiger partial charge on any atom is -0.456 e. The molecule has 1 unspecified atom stereocenters. The Morgan fingerprint density at radius 1 is 0.509 bits per heavy atom. The first-order valence-corrected chi connectivity index (χ1v) is 18.1. The van der Waals surface area contributed by atoms with Crippen LogP contribution in [0.5, 0.6) is 0 Å². The molecule has 3 aromatic heterocycles. The van der Waals surface area contributed by atoms with Crippen LogP contribution in [-0.2, 0) is 0 Å². The predicted molar refractivity (Wildman–Crippen MR) is 216 cm³/mol. The SMILES string of the molecule is CC1CC=Cc2cc(-c3cccc4c3oc3cccc(-c5nc(-c6ccc7ccccc7c6)nc(-c6cccc7oc8ccccc8c67)n5)c34)ccc21. The van der Waals surface area contributed by atoms with E-state index in [4.69, 9.17) is 23.8 Å². The quantitative estimate of drug-likeness (QED) is 0.185. The van der Waals surface area contributed by atoms with Crippen molar-refractivity contribution < 1.29 is 8.83 Å². The van der Waals surface area contributed by atoms with E-state index in [0.717, 1.165) is 88.9 Å². The van der Waals surface area contributed by atoms with Gasteiger partial charge in [-0.25, -0.2) is 15.0 Å². The zero-order valence-electron chi connectivity index (χ0n) is 28.9. The van der Waals surface area contributed by atoms with Crippen LogP contribution >= 0.6 is 0 Å². The molecule has 0 fully saturated rings. The van der Waals surface area contributed by atoms with Crippen molar-refractivity contribution in [1.29, 1.82) is 0 Å². The van der Waals surface area contributed by atoms with Gasteiger partial charge in [-0.1, -0.05) is 128 Å². The van der Waals surface area contributed by atoms with Crippen molar-refractivity contribution in [2.24, 2.45) is 0 Å². The van der Waals surface area contributed by atoms with Gasteiger partial charge in [0.05, 0.1) is 0 Å². The van der Waals surface area contributed by atoms with Crippen LogP contribution in [0.1, 0.15) is 30.4 Å². The largest absolute Gasteiger partial charge is 0.456 e. The van der Waals surface area contributed by atoms with Gasteiger partial charge in [-0.15, -0.1) is 0 Å². The molecule has 0 saturated heterocycles. The number of para-hydroxylation sites is 2. The number of allylic oxidation sites excluding steroid dienone is 1. The molecule has 10 aromatic rings. The average molecular weight is 682 g/mol. The Bertz CT molecular complexity index is 3130. The second kappa shape index (κ2) is 11.6. The molecule has 11 rings (SSSR count). The van der Waals surface area contributed by atoms with Crippen molar-refractivity contribution in [3.05, 3.63) is 157 Å². The topological polar surface area (TPSA) is 65.0 Å². The summed E-state index contributed by atoms with van der Waals surface area (Å²) in [6.07, 6.45) is 5.59. The van der Waals surface area contributed by atoms with Crippen molar-refractivity contribution in [2.45, 2.75) is 19.3 Å². The van der Waals surface area contributed by atoms with E-state index < -0.39 is 0 Å². The van der Waals surface area contributed by atoms with Crippen molar-refractivity contribution in [3.63, 3.8) is 0 Å². The Balaban J connectivity index is 1.15. The van der Waals surface area contributed by atoms with Crippen LogP contribution in [-0.4, -0.2) is 15.0 Å². The number of fused-ring (bicyclic) bond motifs is 8. The molecule has 1 aliphatic carbocycles. The molecule has 0 N–H and O–H groups in total. The first-order chi connectivity index (χ1) is 26.2. The second-order valence-corrected chi connectivity index (χ2v) is 14.0. The summed E-state index contributed by atoms with van der Waals surface area (Å²) in [6, 6.07) is 48.3. The molecule has 0 bridgehead atoms. The maximum Gasteiger partial charge on any atom is 0.164 e. The lowest BCUT2D eigenvalue weighted by Gasteiger charge is -2.18. The highest BCUT2D eigenvalue weighted by atomic mass is 16.3.